The summed E-state index contributed by atoms with van der Waals surface area (Å²) in [6.07, 6.45) is 0. The zero-order chi connectivity index (χ0) is 11.0. The molecule has 0 aromatic heterocycles. The van der Waals surface area contributed by atoms with Gasteiger partial charge in [0.1, 0.15) is 12.5 Å². The van der Waals surface area contributed by atoms with Crippen LogP contribution in [-0.4, -0.2) is 18.2 Å². The van der Waals surface area contributed by atoms with Gasteiger partial charge in [0.25, 0.3) is 0 Å². The fraction of sp³-hybridized carbons (Fsp3) is 0.286. The van der Waals surface area contributed by atoms with Crippen molar-refractivity contribution in [2.24, 2.45) is 0 Å². The maximum Gasteiger partial charge on any atom is 0.142 e. The lowest BCUT2D eigenvalue weighted by Gasteiger charge is -2.28. The van der Waals surface area contributed by atoms with E-state index in [-0.39, 0.29) is 0 Å². The number of ether oxygens (including phenoxy) is 1. The molecule has 0 saturated heterocycles. The zero-order valence-corrected chi connectivity index (χ0v) is 9.44. The van der Waals surface area contributed by atoms with Gasteiger partial charge in [0, 0.05) is 12.1 Å². The monoisotopic (exact) mass is 213 g/mol. The van der Waals surface area contributed by atoms with Gasteiger partial charge < -0.3 is 4.74 Å². The number of hydrogen-bond acceptors (Lipinski definition) is 2. The third kappa shape index (κ3) is 1.46. The number of benzene rings is 2. The molecule has 0 spiro atoms. The van der Waals surface area contributed by atoms with Gasteiger partial charge in [-0.2, -0.15) is 0 Å². The Morgan fingerprint density at radius 2 is 2.06 bits per heavy atom. The summed E-state index contributed by atoms with van der Waals surface area (Å²) in [5.74, 6) is 1.04. The third-order valence-electron chi connectivity index (χ3n) is 3.23. The molecule has 0 aliphatic carbocycles. The summed E-state index contributed by atoms with van der Waals surface area (Å²) in [5, 5.41) is 2.61. The molecule has 0 saturated carbocycles. The minimum Gasteiger partial charge on any atom is -0.478 e. The van der Waals surface area contributed by atoms with Gasteiger partial charge in [-0.1, -0.05) is 37.3 Å². The number of rotatable bonds is 1. The second-order valence-corrected chi connectivity index (χ2v) is 4.18. The van der Waals surface area contributed by atoms with Crippen molar-refractivity contribution in [3.8, 4) is 5.75 Å². The Bertz CT molecular complexity index is 521. The standard InChI is InChI=1S/C14H15NO/c1-2-15-9-13-12-6-4-3-5-11(12)7-8-14(13)16-10-15/h3-8H,2,9-10H2,1H3. The molecular weight excluding hydrogens is 198 g/mol. The van der Waals surface area contributed by atoms with Crippen LogP contribution in [0.2, 0.25) is 0 Å². The van der Waals surface area contributed by atoms with E-state index >= 15 is 0 Å². The molecule has 1 heterocycles. The van der Waals surface area contributed by atoms with Crippen molar-refractivity contribution in [1.29, 1.82) is 0 Å². The van der Waals surface area contributed by atoms with Crippen molar-refractivity contribution in [1.82, 2.24) is 4.90 Å². The Labute approximate surface area is 95.4 Å². The summed E-state index contributed by atoms with van der Waals surface area (Å²) in [7, 11) is 0. The van der Waals surface area contributed by atoms with Crippen LogP contribution in [-0.2, 0) is 6.54 Å². The van der Waals surface area contributed by atoms with Crippen molar-refractivity contribution in [3.63, 3.8) is 0 Å². The molecule has 0 amide bonds. The molecule has 0 radical (unpaired) electrons. The Kier molecular flexibility index (Phi) is 2.29. The van der Waals surface area contributed by atoms with Crippen LogP contribution >= 0.6 is 0 Å². The van der Waals surface area contributed by atoms with Gasteiger partial charge in [-0.15, -0.1) is 0 Å². The number of hydrogen-bond donors (Lipinski definition) is 0. The second kappa shape index (κ2) is 3.80. The molecule has 0 fully saturated rings. The first kappa shape index (κ1) is 9.67. The van der Waals surface area contributed by atoms with Crippen LogP contribution in [0.15, 0.2) is 36.4 Å². The Morgan fingerprint density at radius 3 is 2.94 bits per heavy atom. The fourth-order valence-electron chi connectivity index (χ4n) is 2.25. The van der Waals surface area contributed by atoms with Gasteiger partial charge in [-0.3, -0.25) is 4.90 Å². The first-order chi connectivity index (χ1) is 7.88. The van der Waals surface area contributed by atoms with E-state index in [4.69, 9.17) is 4.74 Å². The van der Waals surface area contributed by atoms with Gasteiger partial charge in [0.15, 0.2) is 0 Å². The summed E-state index contributed by atoms with van der Waals surface area (Å²) in [6.45, 7) is 4.90. The first-order valence-electron chi connectivity index (χ1n) is 5.74. The summed E-state index contributed by atoms with van der Waals surface area (Å²) in [6, 6.07) is 12.7. The Morgan fingerprint density at radius 1 is 1.19 bits per heavy atom. The van der Waals surface area contributed by atoms with Crippen LogP contribution < -0.4 is 4.74 Å². The lowest BCUT2D eigenvalue weighted by atomic mass is 10.0. The summed E-state index contributed by atoms with van der Waals surface area (Å²) < 4.78 is 5.76. The molecule has 0 atom stereocenters. The topological polar surface area (TPSA) is 12.5 Å². The van der Waals surface area contributed by atoms with E-state index in [2.05, 4.69) is 48.2 Å². The molecule has 1 aliphatic rings. The van der Waals surface area contributed by atoms with Crippen LogP contribution in [0.5, 0.6) is 5.75 Å². The highest BCUT2D eigenvalue weighted by Crippen LogP contribution is 2.31. The van der Waals surface area contributed by atoms with Crippen molar-refractivity contribution in [2.45, 2.75) is 13.5 Å². The average Bonchev–Trinajstić information content (AvgIpc) is 2.38. The van der Waals surface area contributed by atoms with Crippen molar-refractivity contribution >= 4 is 10.8 Å². The van der Waals surface area contributed by atoms with E-state index in [1.165, 1.54) is 16.3 Å². The maximum absolute atomic E-state index is 5.76. The van der Waals surface area contributed by atoms with Crippen molar-refractivity contribution in [2.75, 3.05) is 13.3 Å². The molecule has 2 aromatic rings. The molecule has 1 aliphatic heterocycles. The number of nitrogens with zero attached hydrogens (tertiary/aromatic N) is 1. The maximum atomic E-state index is 5.76. The van der Waals surface area contributed by atoms with Gasteiger partial charge >= 0.3 is 0 Å². The molecule has 82 valence electrons. The molecule has 16 heavy (non-hydrogen) atoms. The van der Waals surface area contributed by atoms with Gasteiger partial charge in [-0.05, 0) is 23.4 Å². The quantitative estimate of drug-likeness (QED) is 0.722. The van der Waals surface area contributed by atoms with E-state index in [1.807, 2.05) is 0 Å². The highest BCUT2D eigenvalue weighted by Gasteiger charge is 2.17. The Hall–Kier alpha value is -1.54. The molecule has 2 heteroatoms. The average molecular weight is 213 g/mol. The third-order valence-corrected chi connectivity index (χ3v) is 3.23. The predicted octanol–water partition coefficient (Wildman–Crippen LogP) is 3.01. The van der Waals surface area contributed by atoms with Crippen LogP contribution in [0.3, 0.4) is 0 Å². The molecule has 2 nitrogen and oxygen atoms in total. The summed E-state index contributed by atoms with van der Waals surface area (Å²) >= 11 is 0. The molecular formula is C14H15NO. The lowest BCUT2D eigenvalue weighted by Crippen LogP contribution is -2.31. The zero-order valence-electron chi connectivity index (χ0n) is 9.44. The number of fused-ring (bicyclic) bond motifs is 3. The van der Waals surface area contributed by atoms with E-state index in [0.717, 1.165) is 18.8 Å². The molecule has 2 aromatic carbocycles. The predicted molar refractivity (Wildman–Crippen MR) is 65.5 cm³/mol. The normalized spacial score (nSPS) is 15.8. The van der Waals surface area contributed by atoms with Gasteiger partial charge in [-0.25, -0.2) is 0 Å². The van der Waals surface area contributed by atoms with E-state index in [9.17, 15) is 0 Å². The largest absolute Gasteiger partial charge is 0.478 e. The highest BCUT2D eigenvalue weighted by atomic mass is 16.5. The Balaban J connectivity index is 2.17. The summed E-state index contributed by atoms with van der Waals surface area (Å²) in [4.78, 5) is 2.30. The second-order valence-electron chi connectivity index (χ2n) is 4.18. The first-order valence-corrected chi connectivity index (χ1v) is 5.74. The van der Waals surface area contributed by atoms with Gasteiger partial charge in [0.2, 0.25) is 0 Å². The fourth-order valence-corrected chi connectivity index (χ4v) is 2.25. The minimum absolute atomic E-state index is 0.710. The van der Waals surface area contributed by atoms with Crippen LogP contribution in [0, 0.1) is 0 Å². The van der Waals surface area contributed by atoms with E-state index in [0.29, 0.717) is 6.73 Å². The van der Waals surface area contributed by atoms with Crippen LogP contribution in [0.4, 0.5) is 0 Å². The SMILES string of the molecule is CCN1COc2ccc3ccccc3c2C1. The summed E-state index contributed by atoms with van der Waals surface area (Å²) in [5.41, 5.74) is 1.33. The van der Waals surface area contributed by atoms with Crippen LogP contribution in [0.25, 0.3) is 10.8 Å². The molecule has 0 N–H and O–H groups in total. The van der Waals surface area contributed by atoms with E-state index in [1.54, 1.807) is 0 Å². The van der Waals surface area contributed by atoms with Gasteiger partial charge in [0.05, 0.1) is 0 Å². The lowest BCUT2D eigenvalue weighted by molar-refractivity contribution is 0.102. The molecule has 3 rings (SSSR count). The molecule has 0 unspecified atom stereocenters. The highest BCUT2D eigenvalue weighted by molar-refractivity contribution is 5.87. The smallest absolute Gasteiger partial charge is 0.142 e. The minimum atomic E-state index is 0.710. The van der Waals surface area contributed by atoms with E-state index < -0.39 is 0 Å². The van der Waals surface area contributed by atoms with Crippen molar-refractivity contribution in [3.05, 3.63) is 42.0 Å². The molecule has 0 bridgehead atoms. The van der Waals surface area contributed by atoms with Crippen molar-refractivity contribution < 1.29 is 4.74 Å². The van der Waals surface area contributed by atoms with Crippen LogP contribution in [0.1, 0.15) is 12.5 Å².